The van der Waals surface area contributed by atoms with Crippen LogP contribution < -0.4 is 0 Å². The van der Waals surface area contributed by atoms with Gasteiger partial charge in [0.2, 0.25) is 0 Å². The molecule has 0 aliphatic rings. The monoisotopic (exact) mass is 632 g/mol. The maximum atomic E-state index is 2.39. The molecule has 0 nitrogen and oxygen atoms in total. The van der Waals surface area contributed by atoms with Crippen molar-refractivity contribution in [3.8, 4) is 44.5 Å². The highest BCUT2D eigenvalue weighted by atomic mass is 14.2. The van der Waals surface area contributed by atoms with E-state index in [0.717, 1.165) is 0 Å². The summed E-state index contributed by atoms with van der Waals surface area (Å²) in [4.78, 5) is 0. The Morgan fingerprint density at radius 3 is 1.00 bits per heavy atom. The van der Waals surface area contributed by atoms with Gasteiger partial charge in [-0.3, -0.25) is 0 Å². The minimum atomic E-state index is 1.23. The maximum Gasteiger partial charge on any atom is -0.00926 e. The summed E-state index contributed by atoms with van der Waals surface area (Å²) in [6.45, 7) is 0. The van der Waals surface area contributed by atoms with Crippen molar-refractivity contribution in [2.24, 2.45) is 0 Å². The van der Waals surface area contributed by atoms with Gasteiger partial charge in [-0.05, 0) is 123 Å². The molecule has 0 N–H and O–H groups in total. The molecule has 0 atom stereocenters. The van der Waals surface area contributed by atoms with Gasteiger partial charge in [0.05, 0.1) is 0 Å². The van der Waals surface area contributed by atoms with Crippen LogP contribution in [0.4, 0.5) is 0 Å². The molecule has 0 spiro atoms. The Hall–Kier alpha value is -6.50. The second-order valence-electron chi connectivity index (χ2n) is 13.2. The Bertz CT molecular complexity index is 2700. The summed E-state index contributed by atoms with van der Waals surface area (Å²) in [5.74, 6) is 0. The van der Waals surface area contributed by atoms with E-state index >= 15 is 0 Å². The molecule has 0 aliphatic carbocycles. The van der Waals surface area contributed by atoms with E-state index in [1.54, 1.807) is 0 Å². The molecule has 0 heteroatoms. The van der Waals surface area contributed by atoms with Gasteiger partial charge >= 0.3 is 0 Å². The highest BCUT2D eigenvalue weighted by Crippen LogP contribution is 2.44. The van der Waals surface area contributed by atoms with Gasteiger partial charge in [-0.25, -0.2) is 0 Å². The van der Waals surface area contributed by atoms with E-state index in [2.05, 4.69) is 194 Å². The highest BCUT2D eigenvalue weighted by Gasteiger charge is 2.17. The third-order valence-electron chi connectivity index (χ3n) is 10.4. The van der Waals surface area contributed by atoms with Crippen molar-refractivity contribution in [2.75, 3.05) is 0 Å². The minimum Gasteiger partial charge on any atom is -0.0622 e. The first-order valence-corrected chi connectivity index (χ1v) is 17.3. The summed E-state index contributed by atoms with van der Waals surface area (Å²) in [5.41, 5.74) is 9.93. The molecule has 0 aliphatic heterocycles. The van der Waals surface area contributed by atoms with Crippen LogP contribution in [0.1, 0.15) is 0 Å². The fraction of sp³-hybridized carbons (Fsp3) is 0. The molecule has 10 aromatic carbocycles. The molecule has 0 unspecified atom stereocenters. The summed E-state index contributed by atoms with van der Waals surface area (Å²) in [7, 11) is 0. The van der Waals surface area contributed by atoms with Crippen LogP contribution in [0.25, 0.3) is 98.4 Å². The fourth-order valence-electron chi connectivity index (χ4n) is 8.04. The second kappa shape index (κ2) is 11.6. The van der Waals surface area contributed by atoms with Gasteiger partial charge in [-0.1, -0.05) is 170 Å². The molecule has 0 fully saturated rings. The van der Waals surface area contributed by atoms with Crippen molar-refractivity contribution >= 4 is 53.9 Å². The Morgan fingerprint density at radius 2 is 0.560 bits per heavy atom. The lowest BCUT2D eigenvalue weighted by atomic mass is 9.85. The molecule has 10 aromatic rings. The van der Waals surface area contributed by atoms with Crippen LogP contribution in [-0.4, -0.2) is 0 Å². The third-order valence-corrected chi connectivity index (χ3v) is 10.4. The van der Waals surface area contributed by atoms with Crippen LogP contribution in [0.5, 0.6) is 0 Å². The van der Waals surface area contributed by atoms with Crippen molar-refractivity contribution in [3.63, 3.8) is 0 Å². The Labute approximate surface area is 291 Å². The molecule has 0 saturated carbocycles. The van der Waals surface area contributed by atoms with Crippen LogP contribution in [0, 0.1) is 0 Å². The zero-order valence-corrected chi connectivity index (χ0v) is 27.5. The van der Waals surface area contributed by atoms with E-state index in [1.165, 1.54) is 98.4 Å². The maximum absolute atomic E-state index is 2.39. The largest absolute Gasteiger partial charge is 0.0622 e. The summed E-state index contributed by atoms with van der Waals surface area (Å²) >= 11 is 0. The van der Waals surface area contributed by atoms with Gasteiger partial charge in [0, 0.05) is 0 Å². The number of hydrogen-bond donors (Lipinski definition) is 0. The molecule has 0 saturated heterocycles. The van der Waals surface area contributed by atoms with E-state index in [-0.39, 0.29) is 0 Å². The molecule has 0 radical (unpaired) electrons. The van der Waals surface area contributed by atoms with E-state index in [0.29, 0.717) is 0 Å². The van der Waals surface area contributed by atoms with Crippen LogP contribution in [0.15, 0.2) is 194 Å². The van der Waals surface area contributed by atoms with E-state index in [4.69, 9.17) is 0 Å². The van der Waals surface area contributed by atoms with Crippen LogP contribution in [-0.2, 0) is 0 Å². The quantitative estimate of drug-likeness (QED) is 0.169. The summed E-state index contributed by atoms with van der Waals surface area (Å²) in [5, 5.41) is 12.7. The molecular formula is C50H32. The lowest BCUT2D eigenvalue weighted by Gasteiger charge is -2.18. The zero-order chi connectivity index (χ0) is 33.0. The number of rotatable bonds is 4. The Kier molecular flexibility index (Phi) is 6.60. The molecule has 0 amide bonds. The lowest BCUT2D eigenvalue weighted by molar-refractivity contribution is 1.64. The summed E-state index contributed by atoms with van der Waals surface area (Å²) < 4.78 is 0. The van der Waals surface area contributed by atoms with Crippen molar-refractivity contribution in [1.29, 1.82) is 0 Å². The van der Waals surface area contributed by atoms with Crippen LogP contribution >= 0.6 is 0 Å². The molecule has 0 heterocycles. The van der Waals surface area contributed by atoms with Gasteiger partial charge in [-0.15, -0.1) is 0 Å². The SMILES string of the molecule is c1ccc(-c2ccc3c(c2)c(-c2ccc(-c4cc5ccccc5c5ccc(-c6ccccc6)cc45)c4ccccc24)cc2ccccc23)cc1. The third kappa shape index (κ3) is 4.61. The molecule has 0 bridgehead atoms. The van der Waals surface area contributed by atoms with Crippen LogP contribution in [0.3, 0.4) is 0 Å². The summed E-state index contributed by atoms with van der Waals surface area (Å²) in [6, 6.07) is 71.4. The van der Waals surface area contributed by atoms with E-state index in [1.807, 2.05) is 0 Å². The van der Waals surface area contributed by atoms with Crippen molar-refractivity contribution in [2.45, 2.75) is 0 Å². The predicted octanol–water partition coefficient (Wildman–Crippen LogP) is 14.1. The Balaban J connectivity index is 1.26. The number of hydrogen-bond acceptors (Lipinski definition) is 0. The smallest absolute Gasteiger partial charge is 0.00926 e. The minimum absolute atomic E-state index is 1.23. The molecule has 50 heavy (non-hydrogen) atoms. The molecule has 0 aromatic heterocycles. The van der Waals surface area contributed by atoms with Gasteiger partial charge in [0.25, 0.3) is 0 Å². The second-order valence-corrected chi connectivity index (χ2v) is 13.2. The lowest BCUT2D eigenvalue weighted by Crippen LogP contribution is -1.91. The van der Waals surface area contributed by atoms with Crippen LogP contribution in [0.2, 0.25) is 0 Å². The standard InChI is InChI=1S/C50H32/c1-3-13-33(14-4-1)35-23-25-43-39-19-9-7-17-37(39)31-49(47(43)29-35)45-27-28-46(42-22-12-11-21-41(42)45)50-32-38-18-8-10-20-40(38)44-26-24-36(30-48(44)50)34-15-5-2-6-16-34/h1-32H. The van der Waals surface area contributed by atoms with Gasteiger partial charge < -0.3 is 0 Å². The van der Waals surface area contributed by atoms with Crippen molar-refractivity contribution in [3.05, 3.63) is 194 Å². The average Bonchev–Trinajstić information content (AvgIpc) is 3.20. The predicted molar refractivity (Wildman–Crippen MR) is 216 cm³/mol. The average molecular weight is 633 g/mol. The van der Waals surface area contributed by atoms with Crippen molar-refractivity contribution < 1.29 is 0 Å². The number of fused-ring (bicyclic) bond motifs is 7. The topological polar surface area (TPSA) is 0 Å². The summed E-state index contributed by atoms with van der Waals surface area (Å²) in [6.07, 6.45) is 0. The molecule has 232 valence electrons. The van der Waals surface area contributed by atoms with Gasteiger partial charge in [-0.2, -0.15) is 0 Å². The van der Waals surface area contributed by atoms with Crippen molar-refractivity contribution in [1.82, 2.24) is 0 Å². The van der Waals surface area contributed by atoms with E-state index < -0.39 is 0 Å². The first-order chi connectivity index (χ1) is 24.8. The number of benzene rings is 10. The van der Waals surface area contributed by atoms with Gasteiger partial charge in [0.1, 0.15) is 0 Å². The first-order valence-electron chi connectivity index (χ1n) is 17.3. The van der Waals surface area contributed by atoms with E-state index in [9.17, 15) is 0 Å². The molecular weight excluding hydrogens is 601 g/mol. The first kappa shape index (κ1) is 28.5. The Morgan fingerprint density at radius 1 is 0.180 bits per heavy atom. The van der Waals surface area contributed by atoms with Gasteiger partial charge in [0.15, 0.2) is 0 Å². The molecule has 10 rings (SSSR count). The fourth-order valence-corrected chi connectivity index (χ4v) is 8.04. The highest BCUT2D eigenvalue weighted by molar-refractivity contribution is 6.20. The normalized spacial score (nSPS) is 11.6. The zero-order valence-electron chi connectivity index (χ0n) is 27.5.